The molecule has 0 amide bonds. The number of rotatable bonds is 2. The van der Waals surface area contributed by atoms with E-state index in [2.05, 4.69) is 9.97 Å². The van der Waals surface area contributed by atoms with Crippen molar-refractivity contribution in [3.8, 4) is 11.3 Å². The predicted octanol–water partition coefficient (Wildman–Crippen LogP) is 3.48. The number of hydrogen-bond acceptors (Lipinski definition) is 1. The molecule has 0 saturated carbocycles. The second-order valence-corrected chi connectivity index (χ2v) is 4.77. The minimum atomic E-state index is -0.946. The van der Waals surface area contributed by atoms with E-state index in [1.54, 1.807) is 0 Å². The van der Waals surface area contributed by atoms with Crippen LogP contribution in [0.2, 0.25) is 0 Å². The molecule has 3 N–H and O–H groups in total. The van der Waals surface area contributed by atoms with Crippen LogP contribution < -0.4 is 0 Å². The fourth-order valence-corrected chi connectivity index (χ4v) is 2.42. The van der Waals surface area contributed by atoms with Crippen molar-refractivity contribution in [1.82, 2.24) is 9.97 Å². The molecule has 3 rings (SSSR count). The maximum atomic E-state index is 11.2. The average molecular weight is 254 g/mol. The van der Waals surface area contributed by atoms with Crippen LogP contribution in [-0.2, 0) is 0 Å². The Morgan fingerprint density at radius 1 is 1.16 bits per heavy atom. The summed E-state index contributed by atoms with van der Waals surface area (Å²) >= 11 is 0. The zero-order valence-corrected chi connectivity index (χ0v) is 10.7. The number of fused-ring (bicyclic) bond motifs is 1. The van der Waals surface area contributed by atoms with Crippen LogP contribution in [-0.4, -0.2) is 21.0 Å². The van der Waals surface area contributed by atoms with Crippen molar-refractivity contribution in [1.29, 1.82) is 0 Å². The fourth-order valence-electron chi connectivity index (χ4n) is 2.42. The highest BCUT2D eigenvalue weighted by molar-refractivity contribution is 5.97. The molecule has 0 unspecified atom stereocenters. The number of carboxylic acids is 1. The molecule has 4 heteroatoms. The lowest BCUT2D eigenvalue weighted by Crippen LogP contribution is -1.98. The normalized spacial score (nSPS) is 11.1. The van der Waals surface area contributed by atoms with E-state index in [1.807, 2.05) is 44.2 Å². The van der Waals surface area contributed by atoms with Crippen LogP contribution in [0, 0.1) is 13.8 Å². The minimum Gasteiger partial charge on any atom is -0.477 e. The Balaban J connectivity index is 2.25. The maximum Gasteiger partial charge on any atom is 0.353 e. The van der Waals surface area contributed by atoms with Crippen LogP contribution >= 0.6 is 0 Å². The zero-order valence-electron chi connectivity index (χ0n) is 10.7. The number of benzene rings is 1. The molecule has 0 fully saturated rings. The minimum absolute atomic E-state index is 0.224. The monoisotopic (exact) mass is 254 g/mol. The predicted molar refractivity (Wildman–Crippen MR) is 74.5 cm³/mol. The third-order valence-electron chi connectivity index (χ3n) is 3.34. The van der Waals surface area contributed by atoms with E-state index in [1.165, 1.54) is 5.56 Å². The quantitative estimate of drug-likeness (QED) is 0.655. The highest BCUT2D eigenvalue weighted by atomic mass is 16.4. The van der Waals surface area contributed by atoms with Crippen molar-refractivity contribution in [3.05, 3.63) is 47.3 Å². The number of H-pyrrole nitrogens is 2. The summed E-state index contributed by atoms with van der Waals surface area (Å²) in [5, 5.41) is 10.3. The van der Waals surface area contributed by atoms with E-state index < -0.39 is 5.97 Å². The van der Waals surface area contributed by atoms with Crippen molar-refractivity contribution in [2.45, 2.75) is 13.8 Å². The van der Waals surface area contributed by atoms with Gasteiger partial charge in [0, 0.05) is 27.9 Å². The molecular formula is C15H14N2O2. The van der Waals surface area contributed by atoms with Gasteiger partial charge in [0.15, 0.2) is 0 Å². The summed E-state index contributed by atoms with van der Waals surface area (Å²) in [6.07, 6.45) is 0. The average Bonchev–Trinajstić information content (AvgIpc) is 2.93. The van der Waals surface area contributed by atoms with Crippen molar-refractivity contribution in [2.75, 3.05) is 0 Å². The molecule has 3 aromatic rings. The van der Waals surface area contributed by atoms with E-state index in [-0.39, 0.29) is 5.69 Å². The van der Waals surface area contributed by atoms with Gasteiger partial charge >= 0.3 is 5.97 Å². The maximum absolute atomic E-state index is 11.2. The molecule has 0 saturated heterocycles. The van der Waals surface area contributed by atoms with Gasteiger partial charge in [0.25, 0.3) is 0 Å². The van der Waals surface area contributed by atoms with E-state index in [9.17, 15) is 9.90 Å². The van der Waals surface area contributed by atoms with Gasteiger partial charge in [-0.3, -0.25) is 0 Å². The molecule has 96 valence electrons. The third-order valence-corrected chi connectivity index (χ3v) is 3.34. The van der Waals surface area contributed by atoms with Gasteiger partial charge in [-0.1, -0.05) is 12.1 Å². The van der Waals surface area contributed by atoms with Crippen LogP contribution in [0.25, 0.3) is 22.2 Å². The Morgan fingerprint density at radius 2 is 1.95 bits per heavy atom. The van der Waals surface area contributed by atoms with Crippen molar-refractivity contribution in [3.63, 3.8) is 0 Å². The lowest BCUT2D eigenvalue weighted by molar-refractivity contribution is 0.0692. The molecule has 2 aromatic heterocycles. The second-order valence-electron chi connectivity index (χ2n) is 4.77. The van der Waals surface area contributed by atoms with E-state index in [0.717, 1.165) is 22.3 Å². The third kappa shape index (κ3) is 1.81. The first kappa shape index (κ1) is 11.6. The topological polar surface area (TPSA) is 68.9 Å². The van der Waals surface area contributed by atoms with Crippen molar-refractivity contribution < 1.29 is 9.90 Å². The first-order valence-corrected chi connectivity index (χ1v) is 6.08. The molecule has 19 heavy (non-hydrogen) atoms. The number of aromatic amines is 2. The van der Waals surface area contributed by atoms with Gasteiger partial charge in [-0.05, 0) is 37.6 Å². The Morgan fingerprint density at radius 3 is 2.63 bits per heavy atom. The Kier molecular flexibility index (Phi) is 2.45. The van der Waals surface area contributed by atoms with Gasteiger partial charge in [-0.2, -0.15) is 0 Å². The molecule has 2 heterocycles. The number of hydrogen-bond donors (Lipinski definition) is 3. The Bertz CT molecular complexity index is 781. The number of carboxylic acid groups (broad SMARTS) is 1. The van der Waals surface area contributed by atoms with Crippen LogP contribution in [0.4, 0.5) is 0 Å². The highest BCUT2D eigenvalue weighted by Crippen LogP contribution is 2.29. The summed E-state index contributed by atoms with van der Waals surface area (Å²) < 4.78 is 0. The van der Waals surface area contributed by atoms with E-state index >= 15 is 0 Å². The summed E-state index contributed by atoms with van der Waals surface area (Å²) in [5.74, 6) is -0.946. The van der Waals surface area contributed by atoms with Crippen molar-refractivity contribution in [2.24, 2.45) is 0 Å². The molecule has 0 bridgehead atoms. The number of nitrogens with one attached hydrogen (secondary N) is 2. The number of aromatic carboxylic acids is 1. The molecule has 0 aliphatic carbocycles. The first-order valence-electron chi connectivity index (χ1n) is 6.08. The van der Waals surface area contributed by atoms with Gasteiger partial charge in [0.2, 0.25) is 0 Å². The number of carbonyl (C=O) groups is 1. The first-order chi connectivity index (χ1) is 9.06. The number of aryl methyl sites for hydroxylation is 2. The standard InChI is InChI=1S/C15H14N2O2/c1-8-4-3-5-12-10(8)7-13(17-12)11-6-9(2)16-14(11)15(18)19/h3-7,16-17H,1-2H3,(H,18,19). The lowest BCUT2D eigenvalue weighted by atomic mass is 10.1. The van der Waals surface area contributed by atoms with Gasteiger partial charge in [0.1, 0.15) is 5.69 Å². The van der Waals surface area contributed by atoms with Gasteiger partial charge < -0.3 is 15.1 Å². The van der Waals surface area contributed by atoms with Gasteiger partial charge in [-0.15, -0.1) is 0 Å². The Hall–Kier alpha value is -2.49. The Labute approximate surface area is 110 Å². The molecule has 0 aliphatic heterocycles. The molecule has 0 atom stereocenters. The summed E-state index contributed by atoms with van der Waals surface area (Å²) in [4.78, 5) is 17.4. The molecule has 4 nitrogen and oxygen atoms in total. The fraction of sp³-hybridized carbons (Fsp3) is 0.133. The molecular weight excluding hydrogens is 240 g/mol. The molecule has 0 radical (unpaired) electrons. The lowest BCUT2D eigenvalue weighted by Gasteiger charge is -1.95. The summed E-state index contributed by atoms with van der Waals surface area (Å²) in [6.45, 7) is 3.89. The zero-order chi connectivity index (χ0) is 13.6. The molecule has 0 aliphatic rings. The van der Waals surface area contributed by atoms with Crippen LogP contribution in [0.15, 0.2) is 30.3 Å². The SMILES string of the molecule is Cc1cc(-c2cc3c(C)cccc3[nH]2)c(C(=O)O)[nH]1. The van der Waals surface area contributed by atoms with Gasteiger partial charge in [-0.25, -0.2) is 4.79 Å². The smallest absolute Gasteiger partial charge is 0.353 e. The highest BCUT2D eigenvalue weighted by Gasteiger charge is 2.16. The molecule has 1 aromatic carbocycles. The summed E-state index contributed by atoms with van der Waals surface area (Å²) in [6, 6.07) is 9.87. The summed E-state index contributed by atoms with van der Waals surface area (Å²) in [5.41, 5.74) is 4.77. The van der Waals surface area contributed by atoms with E-state index in [4.69, 9.17) is 0 Å². The summed E-state index contributed by atoms with van der Waals surface area (Å²) in [7, 11) is 0. The van der Waals surface area contributed by atoms with E-state index in [0.29, 0.717) is 5.56 Å². The van der Waals surface area contributed by atoms with Gasteiger partial charge in [0.05, 0.1) is 0 Å². The van der Waals surface area contributed by atoms with Crippen LogP contribution in [0.5, 0.6) is 0 Å². The molecule has 0 spiro atoms. The van der Waals surface area contributed by atoms with Crippen molar-refractivity contribution >= 4 is 16.9 Å². The largest absolute Gasteiger partial charge is 0.477 e. The second kappa shape index (κ2) is 4.02. The number of aromatic nitrogens is 2. The van der Waals surface area contributed by atoms with Crippen LogP contribution in [0.1, 0.15) is 21.7 Å². The van der Waals surface area contributed by atoms with Crippen LogP contribution in [0.3, 0.4) is 0 Å².